The molecule has 0 aliphatic rings. The van der Waals surface area contributed by atoms with E-state index in [1.807, 2.05) is 0 Å². The number of amides is 1. The molecule has 0 fully saturated rings. The fraction of sp³-hybridized carbons (Fsp3) is 0.0556. The van der Waals surface area contributed by atoms with Gasteiger partial charge in [-0.05, 0) is 48.5 Å². The van der Waals surface area contributed by atoms with Crippen LogP contribution in [0.1, 0.15) is 15.2 Å². The summed E-state index contributed by atoms with van der Waals surface area (Å²) in [7, 11) is -3.87. The van der Waals surface area contributed by atoms with Gasteiger partial charge in [-0.25, -0.2) is 8.42 Å². The molecule has 3 aromatic rings. The van der Waals surface area contributed by atoms with Gasteiger partial charge in [0.15, 0.2) is 0 Å². The van der Waals surface area contributed by atoms with Crippen LogP contribution in [-0.4, -0.2) is 14.3 Å². The lowest BCUT2D eigenvalue weighted by Crippen LogP contribution is -2.15. The zero-order chi connectivity index (χ0) is 20.5. The number of nitrogens with one attached hydrogen (secondary N) is 1. The third-order valence-electron chi connectivity index (χ3n) is 3.67. The van der Waals surface area contributed by atoms with E-state index in [4.69, 9.17) is 11.6 Å². The van der Waals surface area contributed by atoms with Gasteiger partial charge < -0.3 is 5.32 Å². The van der Waals surface area contributed by atoms with Crippen molar-refractivity contribution in [3.05, 3.63) is 76.1 Å². The first kappa shape index (κ1) is 20.4. The fourth-order valence-electron chi connectivity index (χ4n) is 2.34. The molecule has 0 saturated carbocycles. The molecule has 0 bridgehead atoms. The first-order valence-electron chi connectivity index (χ1n) is 7.67. The number of para-hydroxylation sites is 1. The minimum atomic E-state index is -4.64. The van der Waals surface area contributed by atoms with Gasteiger partial charge >= 0.3 is 6.18 Å². The monoisotopic (exact) mass is 445 g/mol. The smallest absolute Gasteiger partial charge is 0.321 e. The number of carbonyl (C=O) groups is 1. The van der Waals surface area contributed by atoms with Crippen molar-refractivity contribution in [1.82, 2.24) is 0 Å². The Morgan fingerprint density at radius 2 is 1.61 bits per heavy atom. The molecule has 28 heavy (non-hydrogen) atoms. The van der Waals surface area contributed by atoms with Crippen LogP contribution in [0.4, 0.5) is 18.9 Å². The lowest BCUT2D eigenvalue weighted by atomic mass is 10.1. The molecule has 0 unspecified atom stereocenters. The number of rotatable bonds is 4. The summed E-state index contributed by atoms with van der Waals surface area (Å²) in [6, 6.07) is 12.5. The molecule has 1 heterocycles. The van der Waals surface area contributed by atoms with Crippen LogP contribution in [0, 0.1) is 0 Å². The third kappa shape index (κ3) is 4.21. The summed E-state index contributed by atoms with van der Waals surface area (Å²) in [6.45, 7) is 0. The molecule has 1 N–H and O–H groups in total. The Bertz CT molecular complexity index is 1120. The molecule has 0 atom stereocenters. The number of carbonyl (C=O) groups excluding carboxylic acids is 1. The molecule has 146 valence electrons. The van der Waals surface area contributed by atoms with E-state index >= 15 is 0 Å². The van der Waals surface area contributed by atoms with Crippen molar-refractivity contribution < 1.29 is 26.4 Å². The number of halogens is 4. The minimum absolute atomic E-state index is 0.00637. The van der Waals surface area contributed by atoms with Crippen molar-refractivity contribution in [3.8, 4) is 0 Å². The highest BCUT2D eigenvalue weighted by atomic mass is 35.5. The Kier molecular flexibility index (Phi) is 5.51. The third-order valence-corrected chi connectivity index (χ3v) is 7.27. The highest BCUT2D eigenvalue weighted by Crippen LogP contribution is 2.35. The zero-order valence-electron chi connectivity index (χ0n) is 13.8. The normalized spacial score (nSPS) is 12.0. The van der Waals surface area contributed by atoms with Gasteiger partial charge in [0.05, 0.1) is 21.0 Å². The fourth-order valence-corrected chi connectivity index (χ4v) is 5.07. The van der Waals surface area contributed by atoms with Crippen molar-refractivity contribution in [2.75, 3.05) is 5.32 Å². The summed E-state index contributed by atoms with van der Waals surface area (Å²) in [6.07, 6.45) is -4.64. The summed E-state index contributed by atoms with van der Waals surface area (Å²) in [5.74, 6) is -0.834. The van der Waals surface area contributed by atoms with Crippen molar-refractivity contribution in [2.45, 2.75) is 15.3 Å². The lowest BCUT2D eigenvalue weighted by Gasteiger charge is -2.12. The van der Waals surface area contributed by atoms with E-state index in [-0.39, 0.29) is 14.0 Å². The topological polar surface area (TPSA) is 63.2 Å². The summed E-state index contributed by atoms with van der Waals surface area (Å²) in [4.78, 5) is 12.3. The van der Waals surface area contributed by atoms with E-state index in [1.165, 1.54) is 48.5 Å². The average Bonchev–Trinajstić information content (AvgIpc) is 3.13. The predicted octanol–water partition coefficient (Wildman–Crippen LogP) is 5.51. The molecule has 1 aromatic heterocycles. The first-order chi connectivity index (χ1) is 13.1. The average molecular weight is 446 g/mol. The first-order valence-corrected chi connectivity index (χ1v) is 10.3. The van der Waals surface area contributed by atoms with Crippen molar-refractivity contribution in [1.29, 1.82) is 0 Å². The Hall–Kier alpha value is -2.36. The molecule has 4 nitrogen and oxygen atoms in total. The number of thiophene rings is 1. The van der Waals surface area contributed by atoms with E-state index < -0.39 is 33.2 Å². The van der Waals surface area contributed by atoms with Crippen LogP contribution in [-0.2, 0) is 16.0 Å². The Morgan fingerprint density at radius 1 is 0.964 bits per heavy atom. The van der Waals surface area contributed by atoms with Gasteiger partial charge in [0, 0.05) is 5.02 Å². The maximum atomic E-state index is 13.0. The SMILES string of the molecule is O=C(Nc1ccccc1C(F)(F)F)c1ccc(S(=O)(=O)c2ccc(Cl)cc2)s1. The molecule has 1 amide bonds. The summed E-state index contributed by atoms with van der Waals surface area (Å²) >= 11 is 6.42. The second kappa shape index (κ2) is 7.57. The van der Waals surface area contributed by atoms with Crippen LogP contribution in [0.5, 0.6) is 0 Å². The predicted molar refractivity (Wildman–Crippen MR) is 101 cm³/mol. The van der Waals surface area contributed by atoms with Gasteiger partial charge in [-0.15, -0.1) is 11.3 Å². The minimum Gasteiger partial charge on any atom is -0.321 e. The summed E-state index contributed by atoms with van der Waals surface area (Å²) < 4.78 is 64.2. The number of benzene rings is 2. The van der Waals surface area contributed by atoms with Gasteiger partial charge in [-0.1, -0.05) is 23.7 Å². The Labute approximate surface area is 167 Å². The maximum absolute atomic E-state index is 13.0. The van der Waals surface area contributed by atoms with Crippen LogP contribution in [0.25, 0.3) is 0 Å². The van der Waals surface area contributed by atoms with E-state index in [1.54, 1.807) is 0 Å². The van der Waals surface area contributed by atoms with Crippen LogP contribution in [0.15, 0.2) is 69.8 Å². The highest BCUT2D eigenvalue weighted by molar-refractivity contribution is 7.93. The zero-order valence-corrected chi connectivity index (χ0v) is 16.2. The Morgan fingerprint density at radius 3 is 2.25 bits per heavy atom. The van der Waals surface area contributed by atoms with E-state index in [0.717, 1.165) is 12.1 Å². The summed E-state index contributed by atoms with van der Waals surface area (Å²) in [5, 5.41) is 2.55. The standard InChI is InChI=1S/C18H11ClF3NO3S2/c19-11-5-7-12(8-6-11)28(25,26)16-10-9-15(27-16)17(24)23-14-4-2-1-3-13(14)18(20,21)22/h1-10H,(H,23,24). The van der Waals surface area contributed by atoms with Crippen LogP contribution in [0.3, 0.4) is 0 Å². The molecule has 10 heteroatoms. The van der Waals surface area contributed by atoms with Gasteiger partial charge in [0.1, 0.15) is 4.21 Å². The summed E-state index contributed by atoms with van der Waals surface area (Å²) in [5.41, 5.74) is -1.40. The number of alkyl halides is 3. The maximum Gasteiger partial charge on any atom is 0.418 e. The van der Waals surface area contributed by atoms with Crippen molar-refractivity contribution in [2.24, 2.45) is 0 Å². The van der Waals surface area contributed by atoms with E-state index in [9.17, 15) is 26.4 Å². The number of hydrogen-bond acceptors (Lipinski definition) is 4. The number of hydrogen-bond donors (Lipinski definition) is 1. The molecular weight excluding hydrogens is 435 g/mol. The second-order valence-corrected chi connectivity index (χ2v) is 9.27. The molecule has 2 aromatic carbocycles. The van der Waals surface area contributed by atoms with Crippen LogP contribution in [0.2, 0.25) is 5.02 Å². The quantitative estimate of drug-likeness (QED) is 0.576. The van der Waals surface area contributed by atoms with Crippen molar-refractivity contribution >= 4 is 44.4 Å². The number of sulfone groups is 1. The highest BCUT2D eigenvalue weighted by Gasteiger charge is 2.33. The largest absolute Gasteiger partial charge is 0.418 e. The molecule has 3 rings (SSSR count). The van der Waals surface area contributed by atoms with E-state index in [2.05, 4.69) is 5.32 Å². The molecule has 0 aliphatic heterocycles. The second-order valence-electron chi connectivity index (χ2n) is 5.57. The lowest BCUT2D eigenvalue weighted by molar-refractivity contribution is -0.136. The number of anilines is 1. The van der Waals surface area contributed by atoms with Gasteiger partial charge in [-0.3, -0.25) is 4.79 Å². The molecular formula is C18H11ClF3NO3S2. The van der Waals surface area contributed by atoms with Gasteiger partial charge in [0.25, 0.3) is 5.91 Å². The molecule has 0 radical (unpaired) electrons. The molecule has 0 spiro atoms. The molecule has 0 saturated heterocycles. The van der Waals surface area contributed by atoms with E-state index in [0.29, 0.717) is 16.4 Å². The van der Waals surface area contributed by atoms with Crippen LogP contribution < -0.4 is 5.32 Å². The molecule has 0 aliphatic carbocycles. The van der Waals surface area contributed by atoms with Gasteiger partial charge in [-0.2, -0.15) is 13.2 Å². The van der Waals surface area contributed by atoms with Crippen molar-refractivity contribution in [3.63, 3.8) is 0 Å². The van der Waals surface area contributed by atoms with Gasteiger partial charge in [0.2, 0.25) is 9.84 Å². The Balaban J connectivity index is 1.87. The van der Waals surface area contributed by atoms with Crippen LogP contribution >= 0.6 is 22.9 Å².